The van der Waals surface area contributed by atoms with Crippen molar-refractivity contribution in [2.24, 2.45) is 0 Å². The van der Waals surface area contributed by atoms with Crippen LogP contribution < -0.4 is 14.8 Å². The van der Waals surface area contributed by atoms with Crippen LogP contribution in [-0.4, -0.2) is 13.7 Å². The van der Waals surface area contributed by atoms with E-state index in [-0.39, 0.29) is 5.75 Å². The predicted octanol–water partition coefficient (Wildman–Crippen LogP) is 5.03. The van der Waals surface area contributed by atoms with E-state index in [0.29, 0.717) is 28.4 Å². The Hall–Kier alpha value is -1.28. The van der Waals surface area contributed by atoms with Crippen molar-refractivity contribution in [2.75, 3.05) is 12.4 Å². The summed E-state index contributed by atoms with van der Waals surface area (Å²) in [6.45, 7) is -2.59. The molecule has 0 aliphatic rings. The van der Waals surface area contributed by atoms with Crippen LogP contribution in [-0.2, 0) is 6.54 Å². The lowest BCUT2D eigenvalue weighted by atomic mass is 10.2. The average molecular weight is 427 g/mol. The highest BCUT2D eigenvalue weighted by atomic mass is 79.9. The summed E-state index contributed by atoms with van der Waals surface area (Å²) >= 11 is 6.53. The summed E-state index contributed by atoms with van der Waals surface area (Å²) in [7, 11) is 1.49. The number of ether oxygens (including phenoxy) is 2. The van der Waals surface area contributed by atoms with E-state index in [1.807, 2.05) is 0 Å². The average Bonchev–Trinajstić information content (AvgIpc) is 2.76. The SMILES string of the molecule is COc1ccc(OC(F)F)c(NCc2cc(Br)c(Br)o2)c1. The maximum atomic E-state index is 12.4. The van der Waals surface area contributed by atoms with Crippen LogP contribution in [0.1, 0.15) is 5.76 Å². The fraction of sp³-hybridized carbons (Fsp3) is 0.231. The van der Waals surface area contributed by atoms with E-state index in [1.165, 1.54) is 13.2 Å². The van der Waals surface area contributed by atoms with Crippen LogP contribution in [0, 0.1) is 0 Å². The van der Waals surface area contributed by atoms with Gasteiger partial charge in [-0.1, -0.05) is 0 Å². The Balaban J connectivity index is 2.16. The Morgan fingerprint density at radius 3 is 2.62 bits per heavy atom. The van der Waals surface area contributed by atoms with Crippen molar-refractivity contribution in [1.29, 1.82) is 0 Å². The summed E-state index contributed by atoms with van der Waals surface area (Å²) < 4.78 is 41.0. The second-order valence-electron chi connectivity index (χ2n) is 3.93. The Labute approximate surface area is 136 Å². The van der Waals surface area contributed by atoms with Gasteiger partial charge in [-0.15, -0.1) is 0 Å². The second-order valence-corrected chi connectivity index (χ2v) is 5.50. The molecule has 0 aliphatic heterocycles. The van der Waals surface area contributed by atoms with Gasteiger partial charge in [-0.2, -0.15) is 8.78 Å². The molecule has 114 valence electrons. The maximum Gasteiger partial charge on any atom is 0.387 e. The maximum absolute atomic E-state index is 12.4. The Kier molecular flexibility index (Phi) is 5.46. The zero-order chi connectivity index (χ0) is 15.4. The number of methoxy groups -OCH3 is 1. The number of alkyl halides is 2. The molecule has 0 saturated heterocycles. The monoisotopic (exact) mass is 425 g/mol. The molecule has 1 aromatic heterocycles. The van der Waals surface area contributed by atoms with Gasteiger partial charge in [0, 0.05) is 6.07 Å². The van der Waals surface area contributed by atoms with E-state index in [4.69, 9.17) is 9.15 Å². The molecule has 1 N–H and O–H groups in total. The molecule has 2 rings (SSSR count). The van der Waals surface area contributed by atoms with Crippen molar-refractivity contribution in [2.45, 2.75) is 13.2 Å². The molecule has 0 unspecified atom stereocenters. The van der Waals surface area contributed by atoms with Crippen LogP contribution in [0.15, 0.2) is 37.8 Å². The van der Waals surface area contributed by atoms with Crippen LogP contribution in [0.25, 0.3) is 0 Å². The van der Waals surface area contributed by atoms with E-state index in [9.17, 15) is 8.78 Å². The fourth-order valence-corrected chi connectivity index (χ4v) is 2.29. The molecule has 1 heterocycles. The molecule has 4 nitrogen and oxygen atoms in total. The summed E-state index contributed by atoms with van der Waals surface area (Å²) in [4.78, 5) is 0. The summed E-state index contributed by atoms with van der Waals surface area (Å²) in [5.74, 6) is 1.19. The summed E-state index contributed by atoms with van der Waals surface area (Å²) in [5.41, 5.74) is 0.387. The first kappa shape index (κ1) is 16.1. The Morgan fingerprint density at radius 1 is 1.29 bits per heavy atom. The molecule has 0 amide bonds. The largest absolute Gasteiger partial charge is 0.497 e. The molecule has 2 aromatic rings. The number of hydrogen-bond acceptors (Lipinski definition) is 4. The van der Waals surface area contributed by atoms with Crippen molar-refractivity contribution in [3.8, 4) is 11.5 Å². The van der Waals surface area contributed by atoms with Crippen molar-refractivity contribution in [3.05, 3.63) is 39.2 Å². The van der Waals surface area contributed by atoms with Crippen LogP contribution in [0.2, 0.25) is 0 Å². The molecule has 0 fully saturated rings. The van der Waals surface area contributed by atoms with Gasteiger partial charge in [-0.25, -0.2) is 0 Å². The molecule has 1 aromatic carbocycles. The first-order valence-corrected chi connectivity index (χ1v) is 7.38. The van der Waals surface area contributed by atoms with Gasteiger partial charge in [0.2, 0.25) is 0 Å². The molecule has 8 heteroatoms. The summed E-state index contributed by atoms with van der Waals surface area (Å²) in [5, 5.41) is 2.98. The lowest BCUT2D eigenvalue weighted by Gasteiger charge is -2.13. The third-order valence-electron chi connectivity index (χ3n) is 2.55. The zero-order valence-corrected chi connectivity index (χ0v) is 14.0. The third-order valence-corrected chi connectivity index (χ3v) is 4.26. The molecule has 21 heavy (non-hydrogen) atoms. The second kappa shape index (κ2) is 7.13. The zero-order valence-electron chi connectivity index (χ0n) is 10.8. The number of anilines is 1. The van der Waals surface area contributed by atoms with Gasteiger partial charge in [0.1, 0.15) is 17.3 Å². The lowest BCUT2D eigenvalue weighted by Crippen LogP contribution is -2.06. The van der Waals surface area contributed by atoms with Gasteiger partial charge < -0.3 is 19.2 Å². The molecule has 0 aliphatic carbocycles. The minimum atomic E-state index is -2.90. The van der Waals surface area contributed by atoms with Gasteiger partial charge in [0.15, 0.2) is 4.67 Å². The molecule has 0 spiro atoms. The number of rotatable bonds is 6. The van der Waals surface area contributed by atoms with Crippen molar-refractivity contribution in [1.82, 2.24) is 0 Å². The fourth-order valence-electron chi connectivity index (χ4n) is 1.63. The minimum Gasteiger partial charge on any atom is -0.497 e. The highest BCUT2D eigenvalue weighted by Crippen LogP contribution is 2.32. The van der Waals surface area contributed by atoms with Crippen LogP contribution >= 0.6 is 31.9 Å². The first-order chi connectivity index (χ1) is 9.99. The quantitative estimate of drug-likeness (QED) is 0.703. The number of hydrogen-bond donors (Lipinski definition) is 1. The topological polar surface area (TPSA) is 43.6 Å². The van der Waals surface area contributed by atoms with Gasteiger partial charge in [0.25, 0.3) is 0 Å². The standard InChI is InChI=1S/C13H11Br2F2NO3/c1-19-7-2-3-11(21-13(16)17)10(5-7)18-6-8-4-9(14)12(15)20-8/h2-5,13,18H,6H2,1H3. The highest BCUT2D eigenvalue weighted by Gasteiger charge is 2.12. The normalized spacial score (nSPS) is 10.8. The van der Waals surface area contributed by atoms with Crippen LogP contribution in [0.5, 0.6) is 11.5 Å². The first-order valence-electron chi connectivity index (χ1n) is 5.80. The van der Waals surface area contributed by atoms with Gasteiger partial charge in [-0.05, 0) is 50.1 Å². The third kappa shape index (κ3) is 4.34. The number of halogens is 4. The summed E-state index contributed by atoms with van der Waals surface area (Å²) in [6.07, 6.45) is 0. The van der Waals surface area contributed by atoms with Crippen molar-refractivity contribution in [3.63, 3.8) is 0 Å². The molecule has 0 radical (unpaired) electrons. The molecular formula is C13H11Br2F2NO3. The highest BCUT2D eigenvalue weighted by molar-refractivity contribution is 9.13. The van der Waals surface area contributed by atoms with Crippen LogP contribution in [0.4, 0.5) is 14.5 Å². The van der Waals surface area contributed by atoms with E-state index in [2.05, 4.69) is 41.9 Å². The smallest absolute Gasteiger partial charge is 0.387 e. The lowest BCUT2D eigenvalue weighted by molar-refractivity contribution is -0.0494. The predicted molar refractivity (Wildman–Crippen MR) is 81.1 cm³/mol. The van der Waals surface area contributed by atoms with E-state index in [0.717, 1.165) is 4.47 Å². The summed E-state index contributed by atoms with van der Waals surface area (Å²) in [6, 6.07) is 6.31. The van der Waals surface area contributed by atoms with Crippen molar-refractivity contribution < 1.29 is 22.7 Å². The Morgan fingerprint density at radius 2 is 2.05 bits per heavy atom. The Bertz CT molecular complexity index is 600. The van der Waals surface area contributed by atoms with Gasteiger partial charge >= 0.3 is 6.61 Å². The van der Waals surface area contributed by atoms with E-state index >= 15 is 0 Å². The molecule has 0 saturated carbocycles. The minimum absolute atomic E-state index is 0.0375. The van der Waals surface area contributed by atoms with Gasteiger partial charge in [-0.3, -0.25) is 0 Å². The number of benzene rings is 1. The van der Waals surface area contributed by atoms with E-state index < -0.39 is 6.61 Å². The van der Waals surface area contributed by atoms with Crippen molar-refractivity contribution >= 4 is 37.5 Å². The van der Waals surface area contributed by atoms with Crippen LogP contribution in [0.3, 0.4) is 0 Å². The number of furan rings is 1. The van der Waals surface area contributed by atoms with E-state index in [1.54, 1.807) is 18.2 Å². The molecule has 0 bridgehead atoms. The molecule has 0 atom stereocenters. The molecular weight excluding hydrogens is 416 g/mol. The van der Waals surface area contributed by atoms with Gasteiger partial charge in [0.05, 0.1) is 23.8 Å². The number of nitrogens with one attached hydrogen (secondary N) is 1.